The number of nitrogens with one attached hydrogen (secondary N) is 1. The van der Waals surface area contributed by atoms with Gasteiger partial charge in [-0.1, -0.05) is 11.6 Å². The summed E-state index contributed by atoms with van der Waals surface area (Å²) in [4.78, 5) is 25.9. The second-order valence-electron chi connectivity index (χ2n) is 6.67. The van der Waals surface area contributed by atoms with Crippen LogP contribution in [-0.4, -0.2) is 48.3 Å². The lowest BCUT2D eigenvalue weighted by atomic mass is 10.0. The fourth-order valence-electron chi connectivity index (χ4n) is 3.03. The molecule has 2 amide bonds. The molecule has 0 unspecified atom stereocenters. The molecule has 1 fully saturated rings. The first-order valence-electron chi connectivity index (χ1n) is 8.93. The second-order valence-corrected chi connectivity index (χ2v) is 7.43. The Hall–Kier alpha value is -1.46. The van der Waals surface area contributed by atoms with Crippen molar-refractivity contribution >= 4 is 35.0 Å². The summed E-state index contributed by atoms with van der Waals surface area (Å²) in [5, 5.41) is 3.73. The highest BCUT2D eigenvalue weighted by Crippen LogP contribution is 2.26. The summed E-state index contributed by atoms with van der Waals surface area (Å²) in [6.45, 7) is 5.09. The van der Waals surface area contributed by atoms with Gasteiger partial charge in [0.15, 0.2) is 6.61 Å². The Bertz CT molecular complexity index is 621. The number of ether oxygens (including phenoxy) is 1. The molecular weight excluding hydrogens is 375 g/mol. The van der Waals surface area contributed by atoms with Crippen molar-refractivity contribution in [2.24, 2.45) is 0 Å². The lowest BCUT2D eigenvalue weighted by molar-refractivity contribution is -0.134. The van der Waals surface area contributed by atoms with E-state index in [9.17, 15) is 9.59 Å². The minimum absolute atomic E-state index is 0.00720. The summed E-state index contributed by atoms with van der Waals surface area (Å²) in [6.07, 6.45) is 2.66. The highest BCUT2D eigenvalue weighted by Gasteiger charge is 2.24. The molecule has 0 bridgehead atoms. The molecule has 7 heteroatoms. The van der Waals surface area contributed by atoms with Crippen molar-refractivity contribution in [3.8, 4) is 5.75 Å². The molecule has 2 rings (SSSR count). The molecule has 0 saturated carbocycles. The number of nitrogens with zero attached hydrogens (tertiary/aromatic N) is 1. The maximum atomic E-state index is 12.4. The zero-order valence-electron chi connectivity index (χ0n) is 15.3. The molecule has 0 atom stereocenters. The number of rotatable bonds is 7. The number of amides is 2. The van der Waals surface area contributed by atoms with Crippen molar-refractivity contribution in [3.05, 3.63) is 28.3 Å². The molecular formula is C19H26Cl2N2O3. The molecule has 26 heavy (non-hydrogen) atoms. The molecule has 1 aromatic rings. The Morgan fingerprint density at radius 3 is 2.42 bits per heavy atom. The van der Waals surface area contributed by atoms with E-state index in [-0.39, 0.29) is 24.5 Å². The van der Waals surface area contributed by atoms with Crippen molar-refractivity contribution in [1.29, 1.82) is 0 Å². The van der Waals surface area contributed by atoms with E-state index in [0.29, 0.717) is 37.6 Å². The monoisotopic (exact) mass is 400 g/mol. The minimum atomic E-state index is -0.0397. The van der Waals surface area contributed by atoms with E-state index < -0.39 is 0 Å². The molecule has 1 heterocycles. The molecule has 1 aliphatic heterocycles. The van der Waals surface area contributed by atoms with E-state index in [0.717, 1.165) is 29.0 Å². The van der Waals surface area contributed by atoms with Crippen LogP contribution < -0.4 is 10.1 Å². The predicted molar refractivity (Wildman–Crippen MR) is 104 cm³/mol. The molecule has 5 nitrogen and oxygen atoms in total. The number of piperidine rings is 1. The summed E-state index contributed by atoms with van der Waals surface area (Å²) in [5.74, 6) is 1.14. The molecule has 1 aliphatic rings. The molecule has 0 aliphatic carbocycles. The first kappa shape index (κ1) is 20.8. The van der Waals surface area contributed by atoms with Gasteiger partial charge in [-0.25, -0.2) is 0 Å². The quantitative estimate of drug-likeness (QED) is 0.712. The maximum absolute atomic E-state index is 12.4. The van der Waals surface area contributed by atoms with Crippen LogP contribution in [0.2, 0.25) is 5.02 Å². The van der Waals surface area contributed by atoms with Gasteiger partial charge in [0.2, 0.25) is 5.91 Å². The third-order valence-corrected chi connectivity index (χ3v) is 5.39. The van der Waals surface area contributed by atoms with Gasteiger partial charge in [-0.2, -0.15) is 0 Å². The van der Waals surface area contributed by atoms with Crippen molar-refractivity contribution in [1.82, 2.24) is 10.2 Å². The van der Waals surface area contributed by atoms with E-state index >= 15 is 0 Å². The van der Waals surface area contributed by atoms with Gasteiger partial charge in [0.25, 0.3) is 5.91 Å². The number of benzene rings is 1. The van der Waals surface area contributed by atoms with E-state index in [1.54, 1.807) is 4.90 Å². The second kappa shape index (κ2) is 10.0. The third kappa shape index (κ3) is 6.06. The van der Waals surface area contributed by atoms with Gasteiger partial charge in [0.05, 0.1) is 0 Å². The van der Waals surface area contributed by atoms with Gasteiger partial charge < -0.3 is 15.0 Å². The summed E-state index contributed by atoms with van der Waals surface area (Å²) < 4.78 is 5.64. The van der Waals surface area contributed by atoms with Crippen LogP contribution in [-0.2, 0) is 9.59 Å². The Morgan fingerprint density at radius 2 is 1.85 bits per heavy atom. The maximum Gasteiger partial charge on any atom is 0.260 e. The van der Waals surface area contributed by atoms with Crippen molar-refractivity contribution in [3.63, 3.8) is 0 Å². The van der Waals surface area contributed by atoms with Crippen LogP contribution in [0.4, 0.5) is 0 Å². The molecule has 1 saturated heterocycles. The van der Waals surface area contributed by atoms with Crippen molar-refractivity contribution in [2.45, 2.75) is 45.6 Å². The van der Waals surface area contributed by atoms with E-state index in [1.807, 2.05) is 26.0 Å². The number of aryl methyl sites for hydroxylation is 2. The fourth-order valence-corrected chi connectivity index (χ4v) is 3.27. The van der Waals surface area contributed by atoms with Crippen molar-refractivity contribution < 1.29 is 14.3 Å². The lowest BCUT2D eigenvalue weighted by Crippen LogP contribution is -2.47. The first-order chi connectivity index (χ1) is 12.4. The standard InChI is InChI=1S/C19H26Cl2N2O3/c1-13-10-16(11-14(2)19(13)21)26-12-18(25)23-8-5-15(6-9-23)22-17(24)4-3-7-20/h10-11,15H,3-9,12H2,1-2H3,(H,22,24). The van der Waals surface area contributed by atoms with Gasteiger partial charge in [-0.3, -0.25) is 9.59 Å². The Balaban J connectivity index is 1.75. The average Bonchev–Trinajstić information content (AvgIpc) is 2.63. The summed E-state index contributed by atoms with van der Waals surface area (Å²) in [6, 6.07) is 3.81. The molecule has 0 spiro atoms. The summed E-state index contributed by atoms with van der Waals surface area (Å²) in [7, 11) is 0. The zero-order chi connectivity index (χ0) is 19.1. The normalized spacial score (nSPS) is 15.0. The Labute approximate surface area is 165 Å². The van der Waals surface area contributed by atoms with Gasteiger partial charge in [-0.05, 0) is 56.4 Å². The van der Waals surface area contributed by atoms with Crippen LogP contribution in [0.5, 0.6) is 5.75 Å². The highest BCUT2D eigenvalue weighted by molar-refractivity contribution is 6.32. The van der Waals surface area contributed by atoms with Crippen molar-refractivity contribution in [2.75, 3.05) is 25.6 Å². The van der Waals surface area contributed by atoms with Crippen LogP contribution in [0.25, 0.3) is 0 Å². The van der Waals surface area contributed by atoms with E-state index in [1.165, 1.54) is 0 Å². The van der Waals surface area contributed by atoms with E-state index in [4.69, 9.17) is 27.9 Å². The first-order valence-corrected chi connectivity index (χ1v) is 9.84. The molecule has 0 aromatic heterocycles. The van der Waals surface area contributed by atoms with Crippen LogP contribution in [0.3, 0.4) is 0 Å². The summed E-state index contributed by atoms with van der Waals surface area (Å²) in [5.41, 5.74) is 1.86. The number of alkyl halides is 1. The van der Waals surface area contributed by atoms with Gasteiger partial charge in [0, 0.05) is 36.5 Å². The molecule has 144 valence electrons. The SMILES string of the molecule is Cc1cc(OCC(=O)N2CCC(NC(=O)CCCCl)CC2)cc(C)c1Cl. The Morgan fingerprint density at radius 1 is 1.23 bits per heavy atom. The number of hydrogen-bond acceptors (Lipinski definition) is 3. The zero-order valence-corrected chi connectivity index (χ0v) is 16.8. The number of carbonyl (C=O) groups excluding carboxylic acids is 2. The van der Waals surface area contributed by atoms with Crippen LogP contribution in [0.1, 0.15) is 36.8 Å². The lowest BCUT2D eigenvalue weighted by Gasteiger charge is -2.32. The average molecular weight is 401 g/mol. The topological polar surface area (TPSA) is 58.6 Å². The van der Waals surface area contributed by atoms with Crippen LogP contribution in [0.15, 0.2) is 12.1 Å². The highest BCUT2D eigenvalue weighted by atomic mass is 35.5. The largest absolute Gasteiger partial charge is 0.484 e. The predicted octanol–water partition coefficient (Wildman–Crippen LogP) is 3.46. The fraction of sp³-hybridized carbons (Fsp3) is 0.579. The summed E-state index contributed by atoms with van der Waals surface area (Å²) >= 11 is 11.7. The third-order valence-electron chi connectivity index (χ3n) is 4.52. The Kier molecular flexibility index (Phi) is 8.04. The van der Waals surface area contributed by atoms with Crippen LogP contribution >= 0.6 is 23.2 Å². The van der Waals surface area contributed by atoms with Gasteiger partial charge >= 0.3 is 0 Å². The van der Waals surface area contributed by atoms with Gasteiger partial charge in [0.1, 0.15) is 5.75 Å². The number of halogens is 2. The molecule has 0 radical (unpaired) electrons. The van der Waals surface area contributed by atoms with Gasteiger partial charge in [-0.15, -0.1) is 11.6 Å². The van der Waals surface area contributed by atoms with E-state index in [2.05, 4.69) is 5.32 Å². The molecule has 1 aromatic carbocycles. The number of hydrogen-bond donors (Lipinski definition) is 1. The smallest absolute Gasteiger partial charge is 0.260 e. The number of carbonyl (C=O) groups is 2. The van der Waals surface area contributed by atoms with Crippen LogP contribution in [0, 0.1) is 13.8 Å². The number of likely N-dealkylation sites (tertiary alicyclic amines) is 1. The minimum Gasteiger partial charge on any atom is -0.484 e. The molecule has 1 N–H and O–H groups in total.